The molecule has 1 saturated heterocycles. The monoisotopic (exact) mass is 418 g/mol. The second kappa shape index (κ2) is 7.93. The number of para-hydroxylation sites is 1. The van der Waals surface area contributed by atoms with Gasteiger partial charge < -0.3 is 19.5 Å². The number of carbonyl (C=O) groups is 1. The van der Waals surface area contributed by atoms with Crippen LogP contribution in [0.1, 0.15) is 10.4 Å². The van der Waals surface area contributed by atoms with E-state index >= 15 is 0 Å². The molecule has 0 radical (unpaired) electrons. The molecule has 2 aromatic heterocycles. The van der Waals surface area contributed by atoms with Crippen molar-refractivity contribution in [3.63, 3.8) is 0 Å². The SMILES string of the molecule is Cn1cc(C(=O)Nc2ccc(-c3csc(N4CCOCC4)n3)cc2)c2ccccc21. The molecule has 0 atom stereocenters. The number of aromatic nitrogens is 2. The lowest BCUT2D eigenvalue weighted by Gasteiger charge is -2.26. The second-order valence-electron chi connectivity index (χ2n) is 7.32. The van der Waals surface area contributed by atoms with E-state index in [4.69, 9.17) is 9.72 Å². The van der Waals surface area contributed by atoms with Gasteiger partial charge in [0.1, 0.15) is 0 Å². The van der Waals surface area contributed by atoms with E-state index in [-0.39, 0.29) is 5.91 Å². The molecule has 1 aliphatic rings. The zero-order valence-corrected chi connectivity index (χ0v) is 17.5. The molecule has 5 rings (SSSR count). The number of ether oxygens (including phenoxy) is 1. The van der Waals surface area contributed by atoms with Gasteiger partial charge in [-0.2, -0.15) is 0 Å². The van der Waals surface area contributed by atoms with Crippen LogP contribution in [0.4, 0.5) is 10.8 Å². The van der Waals surface area contributed by atoms with Crippen molar-refractivity contribution in [1.82, 2.24) is 9.55 Å². The highest BCUT2D eigenvalue weighted by molar-refractivity contribution is 7.14. The van der Waals surface area contributed by atoms with Crippen LogP contribution in [-0.4, -0.2) is 41.8 Å². The number of amides is 1. The van der Waals surface area contributed by atoms with Crippen LogP contribution < -0.4 is 10.2 Å². The molecule has 1 N–H and O–H groups in total. The van der Waals surface area contributed by atoms with Crippen molar-refractivity contribution in [1.29, 1.82) is 0 Å². The van der Waals surface area contributed by atoms with Crippen molar-refractivity contribution in [2.75, 3.05) is 36.5 Å². The fraction of sp³-hybridized carbons (Fsp3) is 0.217. The van der Waals surface area contributed by atoms with E-state index in [2.05, 4.69) is 15.6 Å². The number of nitrogens with zero attached hydrogens (tertiary/aromatic N) is 3. The van der Waals surface area contributed by atoms with E-state index in [1.165, 1.54) is 0 Å². The molecular formula is C23H22N4O2S. The molecule has 152 valence electrons. The number of nitrogens with one attached hydrogen (secondary N) is 1. The van der Waals surface area contributed by atoms with E-state index in [1.54, 1.807) is 11.3 Å². The van der Waals surface area contributed by atoms with Gasteiger partial charge in [-0.15, -0.1) is 11.3 Å². The number of hydrogen-bond acceptors (Lipinski definition) is 5. The number of carbonyl (C=O) groups excluding carboxylic acids is 1. The Morgan fingerprint density at radius 2 is 1.87 bits per heavy atom. The number of hydrogen-bond donors (Lipinski definition) is 1. The number of aryl methyl sites for hydroxylation is 1. The minimum absolute atomic E-state index is 0.109. The number of benzene rings is 2. The predicted octanol–water partition coefficient (Wildman–Crippen LogP) is 4.39. The minimum Gasteiger partial charge on any atom is -0.378 e. The van der Waals surface area contributed by atoms with Crippen molar-refractivity contribution >= 4 is 39.0 Å². The fourth-order valence-corrected chi connectivity index (χ4v) is 4.63. The zero-order valence-electron chi connectivity index (χ0n) is 16.7. The topological polar surface area (TPSA) is 59.4 Å². The van der Waals surface area contributed by atoms with Crippen LogP contribution in [0.25, 0.3) is 22.2 Å². The molecular weight excluding hydrogens is 396 g/mol. The summed E-state index contributed by atoms with van der Waals surface area (Å²) < 4.78 is 7.39. The third-order valence-corrected chi connectivity index (χ3v) is 6.26. The standard InChI is InChI=1S/C23H22N4O2S/c1-26-14-19(18-4-2-3-5-21(18)26)22(28)24-17-8-6-16(7-9-17)20-15-30-23(25-20)27-10-12-29-13-11-27/h2-9,14-15H,10-13H2,1H3,(H,24,28). The molecule has 7 heteroatoms. The molecule has 0 unspecified atom stereocenters. The molecule has 4 aromatic rings. The number of rotatable bonds is 4. The summed E-state index contributed by atoms with van der Waals surface area (Å²) in [4.78, 5) is 19.9. The highest BCUT2D eigenvalue weighted by Gasteiger charge is 2.16. The first kappa shape index (κ1) is 18.8. The van der Waals surface area contributed by atoms with Gasteiger partial charge in [-0.3, -0.25) is 4.79 Å². The van der Waals surface area contributed by atoms with Gasteiger partial charge in [0.05, 0.1) is 24.5 Å². The molecule has 3 heterocycles. The molecule has 6 nitrogen and oxygen atoms in total. The number of thiazole rings is 1. The normalized spacial score (nSPS) is 14.2. The first-order chi connectivity index (χ1) is 14.7. The third-order valence-electron chi connectivity index (χ3n) is 5.35. The van der Waals surface area contributed by atoms with Gasteiger partial charge in [-0.25, -0.2) is 4.98 Å². The third kappa shape index (κ3) is 3.58. The summed E-state index contributed by atoms with van der Waals surface area (Å²) in [7, 11) is 1.95. The average molecular weight is 419 g/mol. The maximum atomic E-state index is 12.8. The predicted molar refractivity (Wildman–Crippen MR) is 121 cm³/mol. The van der Waals surface area contributed by atoms with Crippen LogP contribution in [0.5, 0.6) is 0 Å². The molecule has 0 saturated carbocycles. The molecule has 1 fully saturated rings. The van der Waals surface area contributed by atoms with Gasteiger partial charge in [-0.05, 0) is 18.2 Å². The lowest BCUT2D eigenvalue weighted by Crippen LogP contribution is -2.36. The van der Waals surface area contributed by atoms with E-state index in [1.807, 2.05) is 66.3 Å². The quantitative estimate of drug-likeness (QED) is 0.534. The summed E-state index contributed by atoms with van der Waals surface area (Å²) in [6.07, 6.45) is 1.87. The van der Waals surface area contributed by atoms with Crippen LogP contribution in [0.2, 0.25) is 0 Å². The largest absolute Gasteiger partial charge is 0.378 e. The number of fused-ring (bicyclic) bond motifs is 1. The maximum absolute atomic E-state index is 12.8. The number of anilines is 2. The van der Waals surface area contributed by atoms with E-state index < -0.39 is 0 Å². The summed E-state index contributed by atoms with van der Waals surface area (Å²) in [5, 5.41) is 7.07. The smallest absolute Gasteiger partial charge is 0.257 e. The van der Waals surface area contributed by atoms with E-state index in [0.29, 0.717) is 5.56 Å². The highest BCUT2D eigenvalue weighted by Crippen LogP contribution is 2.29. The summed E-state index contributed by atoms with van der Waals surface area (Å²) in [5.74, 6) is -0.109. The van der Waals surface area contributed by atoms with Crippen molar-refractivity contribution in [2.24, 2.45) is 7.05 Å². The lowest BCUT2D eigenvalue weighted by atomic mass is 10.1. The molecule has 1 aliphatic heterocycles. The Hall–Kier alpha value is -3.16. The summed E-state index contributed by atoms with van der Waals surface area (Å²) >= 11 is 1.65. The summed E-state index contributed by atoms with van der Waals surface area (Å²) in [6.45, 7) is 3.26. The molecule has 0 spiro atoms. The van der Waals surface area contributed by atoms with Crippen LogP contribution in [0, 0.1) is 0 Å². The van der Waals surface area contributed by atoms with Crippen molar-refractivity contribution in [3.8, 4) is 11.3 Å². The molecule has 2 aromatic carbocycles. The fourth-order valence-electron chi connectivity index (χ4n) is 3.74. The Labute approximate surface area is 178 Å². The highest BCUT2D eigenvalue weighted by atomic mass is 32.1. The number of morpholine rings is 1. The Kier molecular flexibility index (Phi) is 4.98. The van der Waals surface area contributed by atoms with E-state index in [0.717, 1.165) is 59.3 Å². The summed E-state index contributed by atoms with van der Waals surface area (Å²) in [6, 6.07) is 15.8. The van der Waals surface area contributed by atoms with Crippen molar-refractivity contribution in [2.45, 2.75) is 0 Å². The second-order valence-corrected chi connectivity index (χ2v) is 8.15. The van der Waals surface area contributed by atoms with Crippen LogP contribution >= 0.6 is 11.3 Å². The van der Waals surface area contributed by atoms with Gasteiger partial charge in [-0.1, -0.05) is 30.3 Å². The molecule has 0 aliphatic carbocycles. The molecule has 0 bridgehead atoms. The first-order valence-corrected chi connectivity index (χ1v) is 10.8. The van der Waals surface area contributed by atoms with Crippen LogP contribution in [-0.2, 0) is 11.8 Å². The van der Waals surface area contributed by atoms with Gasteiger partial charge in [0.2, 0.25) is 0 Å². The zero-order chi connectivity index (χ0) is 20.5. The maximum Gasteiger partial charge on any atom is 0.257 e. The average Bonchev–Trinajstić information content (AvgIpc) is 3.41. The molecule has 1 amide bonds. The Morgan fingerprint density at radius 3 is 2.67 bits per heavy atom. The Balaban J connectivity index is 1.31. The van der Waals surface area contributed by atoms with Gasteiger partial charge in [0.15, 0.2) is 5.13 Å². The van der Waals surface area contributed by atoms with Gasteiger partial charge in [0, 0.05) is 53.9 Å². The van der Waals surface area contributed by atoms with Gasteiger partial charge >= 0.3 is 0 Å². The minimum atomic E-state index is -0.109. The molecule has 30 heavy (non-hydrogen) atoms. The van der Waals surface area contributed by atoms with Crippen LogP contribution in [0.15, 0.2) is 60.1 Å². The first-order valence-electron chi connectivity index (χ1n) is 9.93. The van der Waals surface area contributed by atoms with Crippen molar-refractivity contribution in [3.05, 3.63) is 65.7 Å². The van der Waals surface area contributed by atoms with Gasteiger partial charge in [0.25, 0.3) is 5.91 Å². The summed E-state index contributed by atoms with van der Waals surface area (Å²) in [5.41, 5.74) is 4.46. The van der Waals surface area contributed by atoms with E-state index in [9.17, 15) is 4.79 Å². The van der Waals surface area contributed by atoms with Crippen molar-refractivity contribution < 1.29 is 9.53 Å². The Bertz CT molecular complexity index is 1190. The Morgan fingerprint density at radius 1 is 1.10 bits per heavy atom. The lowest BCUT2D eigenvalue weighted by molar-refractivity contribution is 0.102. The van der Waals surface area contributed by atoms with Crippen LogP contribution in [0.3, 0.4) is 0 Å².